The number of carbonyl (C=O) groups excluding carboxylic acids is 2. The van der Waals surface area contributed by atoms with Crippen LogP contribution >= 0.6 is 0 Å². The Hall–Kier alpha value is -3.92. The summed E-state index contributed by atoms with van der Waals surface area (Å²) in [7, 11) is 3.98. The van der Waals surface area contributed by atoms with Crippen LogP contribution in [0.1, 0.15) is 38.8 Å². The van der Waals surface area contributed by atoms with Crippen LogP contribution < -0.4 is 4.90 Å². The third-order valence-electron chi connectivity index (χ3n) is 5.41. The van der Waals surface area contributed by atoms with Crippen molar-refractivity contribution < 1.29 is 19.4 Å². The van der Waals surface area contributed by atoms with E-state index in [-0.39, 0.29) is 38.2 Å². The minimum atomic E-state index is -0.343. The number of imide groups is 1. The largest absolute Gasteiger partial charge is 0.394 e. The minimum Gasteiger partial charge on any atom is -0.394 e. The van der Waals surface area contributed by atoms with Gasteiger partial charge >= 0.3 is 0 Å². The summed E-state index contributed by atoms with van der Waals surface area (Å²) in [5, 5.41) is 10.3. The van der Waals surface area contributed by atoms with Crippen molar-refractivity contribution in [2.45, 2.75) is 6.92 Å². The zero-order chi connectivity index (χ0) is 25.4. The monoisotopic (exact) mass is 470 g/mol. The fourth-order valence-electron chi connectivity index (χ4n) is 3.76. The number of benzene rings is 3. The van der Waals surface area contributed by atoms with Crippen LogP contribution in [0.25, 0.3) is 10.8 Å². The van der Waals surface area contributed by atoms with Crippen molar-refractivity contribution in [1.29, 1.82) is 0 Å². The topological polar surface area (TPSA) is 70.1 Å². The normalized spacial score (nSPS) is 11.9. The van der Waals surface area contributed by atoms with Gasteiger partial charge in [-0.3, -0.25) is 14.5 Å². The quantitative estimate of drug-likeness (QED) is 0.254. The lowest BCUT2D eigenvalue weighted by Gasteiger charge is -2.27. The predicted molar refractivity (Wildman–Crippen MR) is 140 cm³/mol. The van der Waals surface area contributed by atoms with Gasteiger partial charge < -0.3 is 14.7 Å². The summed E-state index contributed by atoms with van der Waals surface area (Å²) in [5.74, 6) is 5.70. The highest BCUT2D eigenvalue weighted by Gasteiger charge is 2.32. The van der Waals surface area contributed by atoms with Gasteiger partial charge in [0.2, 0.25) is 0 Å². The molecule has 2 amide bonds. The number of hydrogen-bond donors (Lipinski definition) is 1. The fourth-order valence-corrected chi connectivity index (χ4v) is 3.76. The number of aliphatic hydroxyl groups excluding tert-OH is 1. The second-order valence-electron chi connectivity index (χ2n) is 8.09. The molecule has 1 heterocycles. The number of carbonyl (C=O) groups is 2. The third kappa shape index (κ3) is 5.78. The lowest BCUT2D eigenvalue weighted by Crippen LogP contribution is -2.42. The van der Waals surface area contributed by atoms with Crippen LogP contribution in [-0.2, 0) is 4.74 Å². The number of rotatable bonds is 6. The van der Waals surface area contributed by atoms with E-state index in [2.05, 4.69) is 18.4 Å². The standard InChI is InChI=1S/C26H24N2O4.C3H6/c1-27(2)20-11-7-18(8-12-20)6-9-19-10-13-23-24-21(19)4-3-5-22(24)25(30)28(26(23)31)14-16-32-17-15-29;1-3-2/h3-5,7-8,10-13,29H,14-17H2,1-2H3;3H,1H2,2H3. The summed E-state index contributed by atoms with van der Waals surface area (Å²) in [6.07, 6.45) is 1.75. The molecule has 6 nitrogen and oxygen atoms in total. The molecule has 0 bridgehead atoms. The van der Waals surface area contributed by atoms with Gasteiger partial charge in [-0.25, -0.2) is 0 Å². The van der Waals surface area contributed by atoms with E-state index in [1.807, 2.05) is 68.4 Å². The molecule has 0 saturated carbocycles. The minimum absolute atomic E-state index is 0.104. The van der Waals surface area contributed by atoms with Crippen molar-refractivity contribution in [2.24, 2.45) is 0 Å². The van der Waals surface area contributed by atoms with Crippen molar-refractivity contribution in [3.8, 4) is 11.8 Å². The van der Waals surface area contributed by atoms with Gasteiger partial charge in [0, 0.05) is 47.4 Å². The lowest BCUT2D eigenvalue weighted by molar-refractivity contribution is 0.0478. The van der Waals surface area contributed by atoms with E-state index in [1.165, 1.54) is 4.90 Å². The maximum atomic E-state index is 13.0. The van der Waals surface area contributed by atoms with Crippen LogP contribution in [0.2, 0.25) is 0 Å². The summed E-state index contributed by atoms with van der Waals surface area (Å²) in [6.45, 7) is 5.63. The Balaban J connectivity index is 0.00000108. The summed E-state index contributed by atoms with van der Waals surface area (Å²) >= 11 is 0. The van der Waals surface area contributed by atoms with Gasteiger partial charge in [0.05, 0.1) is 26.4 Å². The van der Waals surface area contributed by atoms with E-state index in [0.717, 1.165) is 22.2 Å². The van der Waals surface area contributed by atoms with Crippen LogP contribution in [0.4, 0.5) is 5.69 Å². The number of ether oxygens (including phenoxy) is 1. The van der Waals surface area contributed by atoms with Crippen molar-refractivity contribution >= 4 is 28.3 Å². The predicted octanol–water partition coefficient (Wildman–Crippen LogP) is 4.10. The van der Waals surface area contributed by atoms with E-state index in [9.17, 15) is 9.59 Å². The Morgan fingerprint density at radius 1 is 0.971 bits per heavy atom. The molecule has 4 rings (SSSR count). The fraction of sp³-hybridized carbons (Fsp3) is 0.241. The SMILES string of the molecule is C=CC.CN(C)c1ccc(C#Cc2ccc3c4c(cccc24)C(=O)N(CCOCCO)C3=O)cc1. The van der Waals surface area contributed by atoms with E-state index < -0.39 is 0 Å². The Morgan fingerprint density at radius 2 is 1.63 bits per heavy atom. The van der Waals surface area contributed by atoms with Crippen LogP contribution in [0.3, 0.4) is 0 Å². The molecular formula is C29H30N2O4. The van der Waals surface area contributed by atoms with Gasteiger partial charge in [0.15, 0.2) is 0 Å². The molecule has 1 aliphatic rings. The molecule has 0 atom stereocenters. The number of amides is 2. The van der Waals surface area contributed by atoms with Crippen molar-refractivity contribution in [3.05, 3.63) is 89.5 Å². The Morgan fingerprint density at radius 3 is 2.26 bits per heavy atom. The van der Waals surface area contributed by atoms with Crippen LogP contribution in [0.15, 0.2) is 67.3 Å². The summed E-state index contributed by atoms with van der Waals surface area (Å²) < 4.78 is 5.24. The average Bonchev–Trinajstić information content (AvgIpc) is 2.86. The smallest absolute Gasteiger partial charge is 0.261 e. The zero-order valence-electron chi connectivity index (χ0n) is 20.4. The second kappa shape index (κ2) is 12.0. The highest BCUT2D eigenvalue weighted by Crippen LogP contribution is 2.32. The molecule has 0 aliphatic carbocycles. The zero-order valence-corrected chi connectivity index (χ0v) is 20.4. The second-order valence-corrected chi connectivity index (χ2v) is 8.09. The molecule has 6 heteroatoms. The van der Waals surface area contributed by atoms with Gasteiger partial charge in [-0.1, -0.05) is 30.0 Å². The first-order valence-electron chi connectivity index (χ1n) is 11.4. The van der Waals surface area contributed by atoms with Gasteiger partial charge in [-0.05, 0) is 54.8 Å². The Bertz CT molecular complexity index is 1260. The first kappa shape index (κ1) is 25.7. The highest BCUT2D eigenvalue weighted by molar-refractivity contribution is 6.26. The molecule has 3 aromatic carbocycles. The molecule has 0 unspecified atom stereocenters. The van der Waals surface area contributed by atoms with Crippen molar-refractivity contribution in [1.82, 2.24) is 4.90 Å². The van der Waals surface area contributed by atoms with E-state index in [0.29, 0.717) is 16.5 Å². The van der Waals surface area contributed by atoms with Gasteiger partial charge in [-0.2, -0.15) is 0 Å². The lowest BCUT2D eigenvalue weighted by atomic mass is 9.91. The van der Waals surface area contributed by atoms with E-state index in [4.69, 9.17) is 9.84 Å². The van der Waals surface area contributed by atoms with Crippen LogP contribution in [0.5, 0.6) is 0 Å². The first-order chi connectivity index (χ1) is 16.9. The van der Waals surface area contributed by atoms with Crippen molar-refractivity contribution in [3.63, 3.8) is 0 Å². The maximum Gasteiger partial charge on any atom is 0.261 e. The molecule has 180 valence electrons. The van der Waals surface area contributed by atoms with Gasteiger partial charge in [-0.15, -0.1) is 6.58 Å². The molecule has 0 fully saturated rings. The molecule has 0 spiro atoms. The Labute approximate surface area is 206 Å². The first-order valence-corrected chi connectivity index (χ1v) is 11.4. The molecule has 0 radical (unpaired) electrons. The summed E-state index contributed by atoms with van der Waals surface area (Å²) in [5.41, 5.74) is 3.72. The number of nitrogens with zero attached hydrogens (tertiary/aromatic N) is 2. The van der Waals surface area contributed by atoms with Crippen molar-refractivity contribution in [2.75, 3.05) is 45.4 Å². The van der Waals surface area contributed by atoms with E-state index in [1.54, 1.807) is 18.2 Å². The number of anilines is 1. The Kier molecular flexibility index (Phi) is 8.80. The van der Waals surface area contributed by atoms with Crippen LogP contribution in [-0.4, -0.2) is 62.3 Å². The summed E-state index contributed by atoms with van der Waals surface area (Å²) in [4.78, 5) is 29.3. The highest BCUT2D eigenvalue weighted by atomic mass is 16.5. The third-order valence-corrected chi connectivity index (χ3v) is 5.41. The molecule has 0 saturated heterocycles. The maximum absolute atomic E-state index is 13.0. The number of allylic oxidation sites excluding steroid dienone is 1. The molecule has 3 aromatic rings. The number of hydrogen-bond acceptors (Lipinski definition) is 5. The molecule has 1 N–H and O–H groups in total. The molecular weight excluding hydrogens is 440 g/mol. The molecule has 35 heavy (non-hydrogen) atoms. The summed E-state index contributed by atoms with van der Waals surface area (Å²) in [6, 6.07) is 17.0. The van der Waals surface area contributed by atoms with Gasteiger partial charge in [0.25, 0.3) is 11.8 Å². The average molecular weight is 471 g/mol. The molecule has 1 aliphatic heterocycles. The van der Waals surface area contributed by atoms with E-state index >= 15 is 0 Å². The van der Waals surface area contributed by atoms with Gasteiger partial charge in [0.1, 0.15) is 0 Å². The number of aliphatic hydroxyl groups is 1. The van der Waals surface area contributed by atoms with Crippen LogP contribution in [0, 0.1) is 11.8 Å². The molecule has 0 aromatic heterocycles.